The Labute approximate surface area is 72.6 Å². The minimum atomic E-state index is -0.744. The van der Waals surface area contributed by atoms with E-state index in [0.717, 1.165) is 37.7 Å². The molecule has 0 aromatic rings. The van der Waals surface area contributed by atoms with Crippen molar-refractivity contribution in [3.63, 3.8) is 0 Å². The number of allylic oxidation sites excluding steroid dienone is 2. The Morgan fingerprint density at radius 1 is 1.50 bits per heavy atom. The van der Waals surface area contributed by atoms with Crippen LogP contribution in [0.2, 0.25) is 0 Å². The molecule has 2 heteroatoms. The molecule has 0 spiro atoms. The summed E-state index contributed by atoms with van der Waals surface area (Å²) in [4.78, 5) is 10.7. The Balaban J connectivity index is 2.82. The molecule has 0 heterocycles. The van der Waals surface area contributed by atoms with E-state index in [1.807, 2.05) is 0 Å². The third kappa shape index (κ3) is 1.97. The summed E-state index contributed by atoms with van der Waals surface area (Å²) in [5.41, 5.74) is 1.70. The molecule has 0 aromatic heterocycles. The lowest BCUT2D eigenvalue weighted by molar-refractivity contribution is -0.133. The molecule has 0 fully saturated rings. The van der Waals surface area contributed by atoms with Gasteiger partial charge in [-0.05, 0) is 32.1 Å². The predicted molar refractivity (Wildman–Crippen MR) is 47.9 cm³/mol. The summed E-state index contributed by atoms with van der Waals surface area (Å²) < 4.78 is 0. The van der Waals surface area contributed by atoms with E-state index in [1.165, 1.54) is 0 Å². The van der Waals surface area contributed by atoms with E-state index >= 15 is 0 Å². The largest absolute Gasteiger partial charge is 0.478 e. The molecule has 0 saturated heterocycles. The van der Waals surface area contributed by atoms with Crippen molar-refractivity contribution in [2.45, 2.75) is 32.1 Å². The van der Waals surface area contributed by atoms with Gasteiger partial charge in [-0.15, -0.1) is 6.58 Å². The van der Waals surface area contributed by atoms with Crippen molar-refractivity contribution < 1.29 is 9.90 Å². The van der Waals surface area contributed by atoms with E-state index in [9.17, 15) is 4.79 Å². The van der Waals surface area contributed by atoms with Gasteiger partial charge in [-0.25, -0.2) is 4.79 Å². The summed E-state index contributed by atoms with van der Waals surface area (Å²) in [5, 5.41) is 8.84. The van der Waals surface area contributed by atoms with Crippen molar-refractivity contribution >= 4 is 5.97 Å². The van der Waals surface area contributed by atoms with Crippen LogP contribution in [0.1, 0.15) is 32.1 Å². The topological polar surface area (TPSA) is 37.3 Å². The SMILES string of the molecule is C=CCC1=C(C(=O)O)CCCC1. The number of carboxylic acid groups (broad SMARTS) is 1. The molecule has 1 N–H and O–H groups in total. The fraction of sp³-hybridized carbons (Fsp3) is 0.500. The summed E-state index contributed by atoms with van der Waals surface area (Å²) in [7, 11) is 0. The second-order valence-electron chi connectivity index (χ2n) is 3.09. The smallest absolute Gasteiger partial charge is 0.331 e. The standard InChI is InChI=1S/C10H14O2/c1-2-5-8-6-3-4-7-9(8)10(11)12/h2H,1,3-7H2,(H,11,12). The average molecular weight is 166 g/mol. The van der Waals surface area contributed by atoms with Gasteiger partial charge >= 0.3 is 5.97 Å². The molecular formula is C10H14O2. The van der Waals surface area contributed by atoms with Crippen LogP contribution in [0.5, 0.6) is 0 Å². The fourth-order valence-electron chi connectivity index (χ4n) is 1.63. The number of carboxylic acids is 1. The molecule has 0 radical (unpaired) electrons. The highest BCUT2D eigenvalue weighted by atomic mass is 16.4. The van der Waals surface area contributed by atoms with Gasteiger partial charge in [-0.3, -0.25) is 0 Å². The lowest BCUT2D eigenvalue weighted by Crippen LogP contribution is -2.08. The molecule has 0 amide bonds. The van der Waals surface area contributed by atoms with Crippen LogP contribution in [0.3, 0.4) is 0 Å². The summed E-state index contributed by atoms with van der Waals surface area (Å²) in [6.45, 7) is 3.62. The summed E-state index contributed by atoms with van der Waals surface area (Å²) in [6, 6.07) is 0. The molecule has 0 bridgehead atoms. The minimum absolute atomic E-state index is 0.626. The molecule has 0 unspecified atom stereocenters. The molecule has 0 atom stereocenters. The summed E-state index contributed by atoms with van der Waals surface area (Å²) >= 11 is 0. The van der Waals surface area contributed by atoms with Crippen LogP contribution in [0.15, 0.2) is 23.8 Å². The molecule has 66 valence electrons. The number of carbonyl (C=O) groups is 1. The van der Waals surface area contributed by atoms with Crippen LogP contribution in [0, 0.1) is 0 Å². The number of hydrogen-bond acceptors (Lipinski definition) is 1. The Kier molecular flexibility index (Phi) is 3.09. The van der Waals surface area contributed by atoms with Crippen LogP contribution in [0.25, 0.3) is 0 Å². The number of aliphatic carboxylic acids is 1. The molecule has 1 rings (SSSR count). The van der Waals surface area contributed by atoms with Gasteiger partial charge in [0.1, 0.15) is 0 Å². The van der Waals surface area contributed by atoms with E-state index in [2.05, 4.69) is 6.58 Å². The highest BCUT2D eigenvalue weighted by molar-refractivity contribution is 5.87. The quantitative estimate of drug-likeness (QED) is 0.654. The van der Waals surface area contributed by atoms with Crippen LogP contribution >= 0.6 is 0 Å². The fourth-order valence-corrected chi connectivity index (χ4v) is 1.63. The van der Waals surface area contributed by atoms with Crippen LogP contribution in [-0.2, 0) is 4.79 Å². The van der Waals surface area contributed by atoms with Crippen LogP contribution in [-0.4, -0.2) is 11.1 Å². The monoisotopic (exact) mass is 166 g/mol. The van der Waals surface area contributed by atoms with E-state index in [0.29, 0.717) is 5.57 Å². The van der Waals surface area contributed by atoms with Crippen molar-refractivity contribution in [3.8, 4) is 0 Å². The Morgan fingerprint density at radius 3 is 2.75 bits per heavy atom. The minimum Gasteiger partial charge on any atom is -0.478 e. The number of rotatable bonds is 3. The molecule has 0 aliphatic heterocycles. The van der Waals surface area contributed by atoms with Gasteiger partial charge in [0.25, 0.3) is 0 Å². The lowest BCUT2D eigenvalue weighted by Gasteiger charge is -2.15. The molecule has 12 heavy (non-hydrogen) atoms. The predicted octanol–water partition coefficient (Wildman–Crippen LogP) is 2.52. The Bertz CT molecular complexity index is 226. The normalized spacial score (nSPS) is 17.7. The first-order chi connectivity index (χ1) is 5.75. The third-order valence-electron chi connectivity index (χ3n) is 2.23. The first kappa shape index (κ1) is 9.04. The zero-order valence-electron chi connectivity index (χ0n) is 7.18. The summed E-state index contributed by atoms with van der Waals surface area (Å²) in [6.07, 6.45) is 6.33. The van der Waals surface area contributed by atoms with Gasteiger partial charge in [-0.2, -0.15) is 0 Å². The summed E-state index contributed by atoms with van der Waals surface area (Å²) in [5.74, 6) is -0.744. The molecule has 1 aliphatic carbocycles. The second-order valence-corrected chi connectivity index (χ2v) is 3.09. The molecule has 0 aromatic carbocycles. The highest BCUT2D eigenvalue weighted by Crippen LogP contribution is 2.27. The average Bonchev–Trinajstić information content (AvgIpc) is 2.05. The zero-order chi connectivity index (χ0) is 8.97. The highest BCUT2D eigenvalue weighted by Gasteiger charge is 2.16. The molecule has 2 nitrogen and oxygen atoms in total. The first-order valence-electron chi connectivity index (χ1n) is 4.30. The van der Waals surface area contributed by atoms with Crippen molar-refractivity contribution in [3.05, 3.63) is 23.8 Å². The van der Waals surface area contributed by atoms with Gasteiger partial charge in [0.2, 0.25) is 0 Å². The van der Waals surface area contributed by atoms with Gasteiger partial charge in [0.15, 0.2) is 0 Å². The van der Waals surface area contributed by atoms with Crippen LogP contribution < -0.4 is 0 Å². The van der Waals surface area contributed by atoms with Gasteiger partial charge < -0.3 is 5.11 Å². The maximum absolute atomic E-state index is 10.7. The Morgan fingerprint density at radius 2 is 2.17 bits per heavy atom. The maximum Gasteiger partial charge on any atom is 0.331 e. The van der Waals surface area contributed by atoms with Crippen LogP contribution in [0.4, 0.5) is 0 Å². The van der Waals surface area contributed by atoms with E-state index in [1.54, 1.807) is 6.08 Å². The van der Waals surface area contributed by atoms with Crippen molar-refractivity contribution in [2.75, 3.05) is 0 Å². The molecule has 0 saturated carbocycles. The lowest BCUT2D eigenvalue weighted by atomic mass is 9.90. The molecule has 1 aliphatic rings. The van der Waals surface area contributed by atoms with E-state index in [-0.39, 0.29) is 0 Å². The van der Waals surface area contributed by atoms with Crippen molar-refractivity contribution in [1.29, 1.82) is 0 Å². The maximum atomic E-state index is 10.7. The van der Waals surface area contributed by atoms with E-state index < -0.39 is 5.97 Å². The van der Waals surface area contributed by atoms with Gasteiger partial charge in [0.05, 0.1) is 0 Å². The third-order valence-corrected chi connectivity index (χ3v) is 2.23. The van der Waals surface area contributed by atoms with E-state index in [4.69, 9.17) is 5.11 Å². The van der Waals surface area contributed by atoms with Crippen molar-refractivity contribution in [2.24, 2.45) is 0 Å². The molecular weight excluding hydrogens is 152 g/mol. The first-order valence-corrected chi connectivity index (χ1v) is 4.30. The van der Waals surface area contributed by atoms with Gasteiger partial charge in [0, 0.05) is 5.57 Å². The Hall–Kier alpha value is -1.05. The second kappa shape index (κ2) is 4.10. The van der Waals surface area contributed by atoms with Crippen molar-refractivity contribution in [1.82, 2.24) is 0 Å². The van der Waals surface area contributed by atoms with Gasteiger partial charge in [-0.1, -0.05) is 11.6 Å². The zero-order valence-corrected chi connectivity index (χ0v) is 7.18. The number of hydrogen-bond donors (Lipinski definition) is 1.